The number of rotatable bonds is 3. The molecule has 1 aromatic carbocycles. The van der Waals surface area contributed by atoms with Crippen LogP contribution in [0.15, 0.2) is 18.2 Å². The van der Waals surface area contributed by atoms with Crippen molar-refractivity contribution in [2.45, 2.75) is 6.42 Å². The van der Waals surface area contributed by atoms with Gasteiger partial charge in [0.1, 0.15) is 0 Å². The number of carbonyl (C=O) groups is 1. The van der Waals surface area contributed by atoms with Crippen molar-refractivity contribution in [3.05, 3.63) is 32.9 Å². The molecule has 0 heterocycles. The van der Waals surface area contributed by atoms with Crippen LogP contribution >= 0.6 is 34.2 Å². The lowest BCUT2D eigenvalue weighted by Crippen LogP contribution is -2.02. The largest absolute Gasteiger partial charge is 0.294 e. The maximum Gasteiger partial charge on any atom is 0.165 e. The molecule has 0 spiro atoms. The van der Waals surface area contributed by atoms with Gasteiger partial charge in [0.05, 0.1) is 11.6 Å². The van der Waals surface area contributed by atoms with Gasteiger partial charge in [-0.2, -0.15) is 5.26 Å². The summed E-state index contributed by atoms with van der Waals surface area (Å²) in [5.74, 6) is 0.299. The average Bonchev–Trinajstić information content (AvgIpc) is 2.19. The second-order valence-electron chi connectivity index (χ2n) is 2.67. The van der Waals surface area contributed by atoms with Crippen LogP contribution in [0.2, 0.25) is 0 Å². The zero-order chi connectivity index (χ0) is 10.6. The van der Waals surface area contributed by atoms with E-state index in [0.29, 0.717) is 23.4 Å². The number of nitrogens with zero attached hydrogens (tertiary/aromatic N) is 1. The van der Waals surface area contributed by atoms with E-state index in [4.69, 9.17) is 16.9 Å². The SMILES string of the molecule is N#Cc1ccc(I)c(C(=O)CCCl)c1. The third kappa shape index (κ3) is 2.69. The molecule has 0 saturated carbocycles. The summed E-state index contributed by atoms with van der Waals surface area (Å²) in [6.45, 7) is 0. The van der Waals surface area contributed by atoms with Gasteiger partial charge in [0.25, 0.3) is 0 Å². The Balaban J connectivity index is 3.07. The highest BCUT2D eigenvalue weighted by atomic mass is 127. The maximum atomic E-state index is 11.5. The molecule has 0 N–H and O–H groups in total. The molecule has 0 radical (unpaired) electrons. The Hall–Kier alpha value is -0.600. The third-order valence-electron chi connectivity index (χ3n) is 1.72. The van der Waals surface area contributed by atoms with Gasteiger partial charge in [0.15, 0.2) is 5.78 Å². The van der Waals surface area contributed by atoms with Gasteiger partial charge < -0.3 is 0 Å². The fourth-order valence-electron chi connectivity index (χ4n) is 1.03. The molecule has 14 heavy (non-hydrogen) atoms. The molecule has 0 aromatic heterocycles. The first-order valence-corrected chi connectivity index (χ1v) is 5.59. The van der Waals surface area contributed by atoms with Gasteiger partial charge in [0, 0.05) is 21.4 Å². The van der Waals surface area contributed by atoms with Crippen LogP contribution in [0.5, 0.6) is 0 Å². The normalized spacial score (nSPS) is 9.50. The highest BCUT2D eigenvalue weighted by molar-refractivity contribution is 14.1. The van der Waals surface area contributed by atoms with Crippen LogP contribution < -0.4 is 0 Å². The first-order chi connectivity index (χ1) is 6.69. The molecule has 0 aliphatic heterocycles. The highest BCUT2D eigenvalue weighted by Crippen LogP contribution is 2.16. The van der Waals surface area contributed by atoms with E-state index in [2.05, 4.69) is 22.6 Å². The van der Waals surface area contributed by atoms with Gasteiger partial charge in [-0.1, -0.05) is 0 Å². The molecule has 1 rings (SSSR count). The van der Waals surface area contributed by atoms with Crippen molar-refractivity contribution in [2.75, 3.05) is 5.88 Å². The number of ketones is 1. The van der Waals surface area contributed by atoms with Gasteiger partial charge in [0.2, 0.25) is 0 Å². The molecule has 0 amide bonds. The number of alkyl halides is 1. The Labute approximate surface area is 101 Å². The number of hydrogen-bond acceptors (Lipinski definition) is 2. The molecule has 4 heteroatoms. The summed E-state index contributed by atoms with van der Waals surface area (Å²) in [5, 5.41) is 8.67. The molecule has 0 saturated heterocycles. The summed E-state index contributed by atoms with van der Waals surface area (Å²) >= 11 is 7.56. The molecule has 0 bridgehead atoms. The fraction of sp³-hybridized carbons (Fsp3) is 0.200. The van der Waals surface area contributed by atoms with E-state index in [9.17, 15) is 4.79 Å². The smallest absolute Gasteiger partial charge is 0.165 e. The lowest BCUT2D eigenvalue weighted by molar-refractivity contribution is 0.0988. The van der Waals surface area contributed by atoms with Crippen molar-refractivity contribution >= 4 is 40.0 Å². The quantitative estimate of drug-likeness (QED) is 0.488. The van der Waals surface area contributed by atoms with Crippen molar-refractivity contribution in [1.29, 1.82) is 5.26 Å². The Kier molecular flexibility index (Phi) is 4.36. The Bertz CT molecular complexity index is 398. The number of Topliss-reactive ketones (excluding diaryl/α,β-unsaturated/α-hetero) is 1. The van der Waals surface area contributed by atoms with E-state index in [1.165, 1.54) is 0 Å². The van der Waals surface area contributed by atoms with Gasteiger partial charge >= 0.3 is 0 Å². The van der Waals surface area contributed by atoms with E-state index < -0.39 is 0 Å². The molecule has 2 nitrogen and oxygen atoms in total. The van der Waals surface area contributed by atoms with E-state index in [1.807, 2.05) is 6.07 Å². The topological polar surface area (TPSA) is 40.9 Å². The van der Waals surface area contributed by atoms with Crippen LogP contribution in [0.4, 0.5) is 0 Å². The number of carbonyl (C=O) groups excluding carboxylic acids is 1. The van der Waals surface area contributed by atoms with Gasteiger partial charge in [-0.05, 0) is 40.8 Å². The van der Waals surface area contributed by atoms with Crippen molar-refractivity contribution in [3.63, 3.8) is 0 Å². The van der Waals surface area contributed by atoms with Crippen LogP contribution in [0, 0.1) is 14.9 Å². The maximum absolute atomic E-state index is 11.5. The van der Waals surface area contributed by atoms with Crippen molar-refractivity contribution < 1.29 is 4.79 Å². The number of nitriles is 1. The molecule has 0 unspecified atom stereocenters. The molecule has 72 valence electrons. The van der Waals surface area contributed by atoms with Crippen LogP contribution in [0.3, 0.4) is 0 Å². The minimum absolute atomic E-state index is 0.0125. The molecular formula is C10H7ClINO. The second kappa shape index (κ2) is 5.32. The first-order valence-electron chi connectivity index (χ1n) is 3.98. The minimum Gasteiger partial charge on any atom is -0.294 e. The predicted octanol–water partition coefficient (Wildman–Crippen LogP) is 2.97. The monoisotopic (exact) mass is 319 g/mol. The van der Waals surface area contributed by atoms with Gasteiger partial charge in [-0.15, -0.1) is 11.6 Å². The summed E-state index contributed by atoms with van der Waals surface area (Å²) in [7, 11) is 0. The Morgan fingerprint density at radius 3 is 2.86 bits per heavy atom. The van der Waals surface area contributed by atoms with E-state index in [1.54, 1.807) is 18.2 Å². The van der Waals surface area contributed by atoms with Crippen LogP contribution in [-0.4, -0.2) is 11.7 Å². The standard InChI is InChI=1S/C10H7ClINO/c11-4-3-10(14)8-5-7(6-13)1-2-9(8)12/h1-2,5H,3-4H2. The zero-order valence-corrected chi connectivity index (χ0v) is 10.2. The number of hydrogen-bond donors (Lipinski definition) is 0. The van der Waals surface area contributed by atoms with Crippen LogP contribution in [-0.2, 0) is 0 Å². The lowest BCUT2D eigenvalue weighted by Gasteiger charge is -2.02. The molecule has 0 fully saturated rings. The van der Waals surface area contributed by atoms with E-state index in [0.717, 1.165) is 3.57 Å². The highest BCUT2D eigenvalue weighted by Gasteiger charge is 2.09. The Morgan fingerprint density at radius 1 is 1.57 bits per heavy atom. The summed E-state index contributed by atoms with van der Waals surface area (Å²) < 4.78 is 0.858. The Morgan fingerprint density at radius 2 is 2.29 bits per heavy atom. The fourth-order valence-corrected chi connectivity index (χ4v) is 1.84. The van der Waals surface area contributed by atoms with Crippen LogP contribution in [0.1, 0.15) is 22.3 Å². The lowest BCUT2D eigenvalue weighted by atomic mass is 10.1. The van der Waals surface area contributed by atoms with Crippen LogP contribution in [0.25, 0.3) is 0 Å². The van der Waals surface area contributed by atoms with E-state index >= 15 is 0 Å². The average molecular weight is 320 g/mol. The summed E-state index contributed by atoms with van der Waals surface area (Å²) in [6.07, 6.45) is 0.312. The van der Waals surface area contributed by atoms with Crippen molar-refractivity contribution in [3.8, 4) is 6.07 Å². The number of benzene rings is 1. The minimum atomic E-state index is -0.0125. The molecular weight excluding hydrogens is 312 g/mol. The van der Waals surface area contributed by atoms with Gasteiger partial charge in [-0.3, -0.25) is 4.79 Å². The zero-order valence-electron chi connectivity index (χ0n) is 7.26. The summed E-state index contributed by atoms with van der Waals surface area (Å²) in [6, 6.07) is 7.07. The predicted molar refractivity (Wildman–Crippen MR) is 63.5 cm³/mol. The van der Waals surface area contributed by atoms with E-state index in [-0.39, 0.29) is 5.78 Å². The van der Waals surface area contributed by atoms with Crippen molar-refractivity contribution in [2.24, 2.45) is 0 Å². The second-order valence-corrected chi connectivity index (χ2v) is 4.21. The first kappa shape index (κ1) is 11.5. The third-order valence-corrected chi connectivity index (χ3v) is 2.85. The molecule has 1 aromatic rings. The van der Waals surface area contributed by atoms with Gasteiger partial charge in [-0.25, -0.2) is 0 Å². The summed E-state index contributed by atoms with van der Waals surface area (Å²) in [4.78, 5) is 11.5. The molecule has 0 aliphatic rings. The molecule has 0 aliphatic carbocycles. The molecule has 0 atom stereocenters. The number of halogens is 2. The van der Waals surface area contributed by atoms with Crippen molar-refractivity contribution in [1.82, 2.24) is 0 Å². The summed E-state index contributed by atoms with van der Waals surface area (Å²) in [5.41, 5.74) is 1.09.